The van der Waals surface area contributed by atoms with E-state index < -0.39 is 0 Å². The Hall–Kier alpha value is -2.75. The zero-order chi connectivity index (χ0) is 13.0. The molecule has 0 radical (unpaired) electrons. The number of benzene rings is 1. The highest BCUT2D eigenvalue weighted by Crippen LogP contribution is 2.27. The number of nitrogens with zero attached hydrogens (tertiary/aromatic N) is 2. The van der Waals surface area contributed by atoms with Gasteiger partial charge in [0, 0.05) is 11.6 Å². The van der Waals surface area contributed by atoms with Crippen LogP contribution in [0.15, 0.2) is 48.7 Å². The van der Waals surface area contributed by atoms with Gasteiger partial charge in [-0.3, -0.25) is 19.1 Å². The molecule has 0 spiro atoms. The van der Waals surface area contributed by atoms with Crippen molar-refractivity contribution < 1.29 is 9.59 Å². The van der Waals surface area contributed by atoms with Gasteiger partial charge in [0.1, 0.15) is 5.69 Å². The molecule has 0 bridgehead atoms. The maximum atomic E-state index is 12.5. The van der Waals surface area contributed by atoms with Gasteiger partial charge in [-0.25, -0.2) is 0 Å². The molecule has 2 aromatic heterocycles. The predicted molar refractivity (Wildman–Crippen MR) is 69.3 cm³/mol. The number of carbonyl (C=O) groups is 2. The molecular formula is C15H8N2O2. The van der Waals surface area contributed by atoms with Crippen LogP contribution in [0.3, 0.4) is 0 Å². The Morgan fingerprint density at radius 1 is 1.00 bits per heavy atom. The SMILES string of the molecule is O=C1c2ncccc2C(=O)n2c1cc1ccccc12. The van der Waals surface area contributed by atoms with Crippen LogP contribution in [-0.4, -0.2) is 21.2 Å². The monoisotopic (exact) mass is 248 g/mol. The highest BCUT2D eigenvalue weighted by atomic mass is 16.2. The smallest absolute Gasteiger partial charge is 0.265 e. The molecule has 4 rings (SSSR count). The first kappa shape index (κ1) is 10.2. The van der Waals surface area contributed by atoms with Gasteiger partial charge < -0.3 is 0 Å². The van der Waals surface area contributed by atoms with Crippen LogP contribution in [0.2, 0.25) is 0 Å². The molecule has 0 saturated heterocycles. The molecule has 0 N–H and O–H groups in total. The minimum absolute atomic E-state index is 0.195. The second-order valence-electron chi connectivity index (χ2n) is 4.46. The molecule has 0 unspecified atom stereocenters. The lowest BCUT2D eigenvalue weighted by atomic mass is 10.0. The third-order valence-electron chi connectivity index (χ3n) is 3.40. The molecule has 0 fully saturated rings. The van der Waals surface area contributed by atoms with Gasteiger partial charge >= 0.3 is 0 Å². The van der Waals surface area contributed by atoms with Gasteiger partial charge in [0.05, 0.1) is 16.8 Å². The lowest BCUT2D eigenvalue weighted by Crippen LogP contribution is -2.27. The summed E-state index contributed by atoms with van der Waals surface area (Å²) in [7, 11) is 0. The molecule has 0 aliphatic carbocycles. The molecule has 19 heavy (non-hydrogen) atoms. The number of ketones is 1. The standard InChI is InChI=1S/C15H8N2O2/c18-14-12-8-9-4-1-2-6-11(9)17(12)15(19)10-5-3-7-16-13(10)14/h1-8H. The summed E-state index contributed by atoms with van der Waals surface area (Å²) in [6.45, 7) is 0. The lowest BCUT2D eigenvalue weighted by molar-refractivity contribution is 0.0912. The van der Waals surface area contributed by atoms with E-state index in [2.05, 4.69) is 4.98 Å². The van der Waals surface area contributed by atoms with E-state index in [0.29, 0.717) is 11.3 Å². The van der Waals surface area contributed by atoms with Crippen molar-refractivity contribution in [1.82, 2.24) is 9.55 Å². The third kappa shape index (κ3) is 1.20. The lowest BCUT2D eigenvalue weighted by Gasteiger charge is -2.16. The van der Waals surface area contributed by atoms with Crippen LogP contribution in [0.5, 0.6) is 0 Å². The molecule has 0 atom stereocenters. The van der Waals surface area contributed by atoms with Crippen LogP contribution in [0.25, 0.3) is 10.9 Å². The van der Waals surface area contributed by atoms with Crippen LogP contribution < -0.4 is 0 Å². The first-order chi connectivity index (χ1) is 9.27. The zero-order valence-electron chi connectivity index (χ0n) is 9.83. The van der Waals surface area contributed by atoms with Crippen molar-refractivity contribution in [3.63, 3.8) is 0 Å². The minimum atomic E-state index is -0.202. The number of hydrogen-bond donors (Lipinski definition) is 0. The molecule has 3 heterocycles. The molecule has 0 amide bonds. The van der Waals surface area contributed by atoms with Gasteiger partial charge in [0.15, 0.2) is 0 Å². The summed E-state index contributed by atoms with van der Waals surface area (Å²) in [6, 6.07) is 12.5. The van der Waals surface area contributed by atoms with Gasteiger partial charge in [-0.15, -0.1) is 0 Å². The Labute approximate surface area is 108 Å². The molecule has 4 heteroatoms. The van der Waals surface area contributed by atoms with Crippen LogP contribution in [0, 0.1) is 0 Å². The fourth-order valence-corrected chi connectivity index (χ4v) is 2.54. The first-order valence-electron chi connectivity index (χ1n) is 5.92. The van der Waals surface area contributed by atoms with Gasteiger partial charge in [0.2, 0.25) is 5.78 Å². The number of para-hydroxylation sites is 1. The van der Waals surface area contributed by atoms with Crippen molar-refractivity contribution in [3.8, 4) is 0 Å². The first-order valence-corrected chi connectivity index (χ1v) is 5.92. The Balaban J connectivity index is 2.14. The molecule has 3 aromatic rings. The normalized spacial score (nSPS) is 13.5. The third-order valence-corrected chi connectivity index (χ3v) is 3.40. The van der Waals surface area contributed by atoms with Gasteiger partial charge in [0.25, 0.3) is 5.91 Å². The zero-order valence-corrected chi connectivity index (χ0v) is 9.83. The van der Waals surface area contributed by atoms with E-state index in [4.69, 9.17) is 0 Å². The summed E-state index contributed by atoms with van der Waals surface area (Å²) in [4.78, 5) is 28.9. The van der Waals surface area contributed by atoms with Gasteiger partial charge in [-0.2, -0.15) is 0 Å². The molecule has 1 aliphatic rings. The fraction of sp³-hybridized carbons (Fsp3) is 0. The van der Waals surface area contributed by atoms with Crippen LogP contribution in [0.4, 0.5) is 0 Å². The van der Waals surface area contributed by atoms with E-state index in [9.17, 15) is 9.59 Å². The summed E-state index contributed by atoms with van der Waals surface area (Å²) >= 11 is 0. The Morgan fingerprint density at radius 3 is 2.74 bits per heavy atom. The van der Waals surface area contributed by atoms with Crippen molar-refractivity contribution in [2.24, 2.45) is 0 Å². The molecule has 1 aromatic carbocycles. The van der Waals surface area contributed by atoms with E-state index in [1.165, 1.54) is 10.8 Å². The number of carbonyl (C=O) groups excluding carboxylic acids is 2. The van der Waals surface area contributed by atoms with E-state index in [1.807, 2.05) is 24.3 Å². The van der Waals surface area contributed by atoms with Crippen LogP contribution >= 0.6 is 0 Å². The van der Waals surface area contributed by atoms with E-state index in [-0.39, 0.29) is 17.4 Å². The van der Waals surface area contributed by atoms with E-state index in [0.717, 1.165) is 10.9 Å². The Morgan fingerprint density at radius 2 is 1.84 bits per heavy atom. The quantitative estimate of drug-likeness (QED) is 0.479. The molecule has 4 nitrogen and oxygen atoms in total. The second kappa shape index (κ2) is 3.38. The topological polar surface area (TPSA) is 52.0 Å². The maximum absolute atomic E-state index is 12.5. The molecule has 0 saturated carbocycles. The number of hydrogen-bond acceptors (Lipinski definition) is 3. The maximum Gasteiger partial charge on any atom is 0.265 e. The number of pyridine rings is 1. The summed E-state index contributed by atoms with van der Waals surface area (Å²) < 4.78 is 1.47. The Bertz CT molecular complexity index is 861. The molecule has 1 aliphatic heterocycles. The minimum Gasteiger partial charge on any atom is -0.285 e. The second-order valence-corrected chi connectivity index (χ2v) is 4.46. The highest BCUT2D eigenvalue weighted by Gasteiger charge is 2.31. The van der Waals surface area contributed by atoms with E-state index >= 15 is 0 Å². The summed E-state index contributed by atoms with van der Waals surface area (Å²) in [5, 5.41) is 0.881. The number of fused-ring (bicyclic) bond motifs is 4. The molecule has 90 valence electrons. The number of rotatable bonds is 0. The summed E-state index contributed by atoms with van der Waals surface area (Å²) in [5.74, 6) is -0.398. The largest absolute Gasteiger partial charge is 0.285 e. The van der Waals surface area contributed by atoms with Crippen LogP contribution in [0.1, 0.15) is 26.5 Å². The van der Waals surface area contributed by atoms with Crippen LogP contribution in [-0.2, 0) is 0 Å². The van der Waals surface area contributed by atoms with Gasteiger partial charge in [-0.05, 0) is 24.3 Å². The van der Waals surface area contributed by atoms with Crippen molar-refractivity contribution in [2.45, 2.75) is 0 Å². The van der Waals surface area contributed by atoms with Gasteiger partial charge in [-0.1, -0.05) is 18.2 Å². The Kier molecular flexibility index (Phi) is 1.82. The highest BCUT2D eigenvalue weighted by molar-refractivity contribution is 6.22. The van der Waals surface area contributed by atoms with Crippen molar-refractivity contribution in [1.29, 1.82) is 0 Å². The van der Waals surface area contributed by atoms with Crippen molar-refractivity contribution >= 4 is 22.6 Å². The van der Waals surface area contributed by atoms with E-state index in [1.54, 1.807) is 18.2 Å². The molecular weight excluding hydrogens is 240 g/mol. The predicted octanol–water partition coefficient (Wildman–Crippen LogP) is 2.27. The fourth-order valence-electron chi connectivity index (χ4n) is 2.54. The average molecular weight is 248 g/mol. The summed E-state index contributed by atoms with van der Waals surface area (Å²) in [5.41, 5.74) is 1.74. The van der Waals surface area contributed by atoms with Crippen molar-refractivity contribution in [3.05, 3.63) is 65.6 Å². The summed E-state index contributed by atoms with van der Waals surface area (Å²) in [6.07, 6.45) is 1.53. The van der Waals surface area contributed by atoms with Crippen molar-refractivity contribution in [2.75, 3.05) is 0 Å². The average Bonchev–Trinajstić information content (AvgIpc) is 2.84. The number of aromatic nitrogens is 2.